The maximum absolute atomic E-state index is 5.42. The van der Waals surface area contributed by atoms with Crippen LogP contribution in [0.4, 0.5) is 0 Å². The van der Waals surface area contributed by atoms with Gasteiger partial charge in [0.15, 0.2) is 0 Å². The summed E-state index contributed by atoms with van der Waals surface area (Å²) in [6.45, 7) is 0. The normalized spacial score (nSPS) is 9.00. The van der Waals surface area contributed by atoms with E-state index < -0.39 is 0 Å². The molecule has 0 fully saturated rings. The molecular weight excluding hydrogens is 311 g/mol. The third-order valence-electron chi connectivity index (χ3n) is 2.22. The molecule has 0 aliphatic carbocycles. The van der Waals surface area contributed by atoms with Crippen molar-refractivity contribution in [3.05, 3.63) is 71.8 Å². The summed E-state index contributed by atoms with van der Waals surface area (Å²) in [5.41, 5.74) is 2.88. The lowest BCUT2D eigenvalue weighted by Crippen LogP contribution is -2.05. The minimum absolute atomic E-state index is 0. The van der Waals surface area contributed by atoms with Gasteiger partial charge in [-0.1, -0.05) is 60.7 Å². The van der Waals surface area contributed by atoms with Crippen molar-refractivity contribution in [2.24, 2.45) is 10.9 Å². The fraction of sp³-hybridized carbons (Fsp3) is 0. The van der Waals surface area contributed by atoms with Crippen molar-refractivity contribution in [3.63, 3.8) is 0 Å². The van der Waals surface area contributed by atoms with E-state index in [1.54, 1.807) is 0 Å². The lowest BCUT2D eigenvalue weighted by Gasteiger charge is -2.04. The first kappa shape index (κ1) is 12.7. The third-order valence-corrected chi connectivity index (χ3v) is 2.22. The van der Waals surface area contributed by atoms with E-state index in [9.17, 15) is 0 Å². The molecular formula is C13H13IN2. The average molecular weight is 324 g/mol. The van der Waals surface area contributed by atoms with Gasteiger partial charge in [-0.2, -0.15) is 5.10 Å². The first-order valence-corrected chi connectivity index (χ1v) is 4.80. The number of rotatable bonds is 2. The summed E-state index contributed by atoms with van der Waals surface area (Å²) in [4.78, 5) is 0. The predicted molar refractivity (Wildman–Crippen MR) is 78.1 cm³/mol. The molecule has 0 spiro atoms. The fourth-order valence-electron chi connectivity index (χ4n) is 1.51. The van der Waals surface area contributed by atoms with Crippen LogP contribution in [0.25, 0.3) is 0 Å². The van der Waals surface area contributed by atoms with E-state index in [2.05, 4.69) is 5.10 Å². The van der Waals surface area contributed by atoms with Crippen molar-refractivity contribution in [3.8, 4) is 0 Å². The van der Waals surface area contributed by atoms with Crippen LogP contribution in [0.3, 0.4) is 0 Å². The second-order valence-electron chi connectivity index (χ2n) is 3.21. The highest BCUT2D eigenvalue weighted by Gasteiger charge is 2.04. The van der Waals surface area contributed by atoms with Crippen LogP contribution < -0.4 is 5.84 Å². The van der Waals surface area contributed by atoms with Crippen LogP contribution in [-0.4, -0.2) is 5.71 Å². The average Bonchev–Trinajstić information content (AvgIpc) is 2.33. The highest BCUT2D eigenvalue weighted by Crippen LogP contribution is 2.09. The molecule has 3 heteroatoms. The number of hydrogen-bond acceptors (Lipinski definition) is 2. The first-order chi connectivity index (χ1) is 7.42. The smallest absolute Gasteiger partial charge is 0.0971 e. The lowest BCUT2D eigenvalue weighted by atomic mass is 10.0. The molecule has 2 aromatic rings. The maximum atomic E-state index is 5.42. The van der Waals surface area contributed by atoms with E-state index in [4.69, 9.17) is 5.84 Å². The fourth-order valence-corrected chi connectivity index (χ4v) is 1.51. The van der Waals surface area contributed by atoms with E-state index in [-0.39, 0.29) is 24.0 Å². The largest absolute Gasteiger partial charge is 0.323 e. The SMILES string of the molecule is I.NN=C(c1ccccc1)c1ccccc1. The van der Waals surface area contributed by atoms with Crippen LogP contribution >= 0.6 is 24.0 Å². The van der Waals surface area contributed by atoms with Gasteiger partial charge in [0.2, 0.25) is 0 Å². The van der Waals surface area contributed by atoms with E-state index in [1.807, 2.05) is 60.7 Å². The van der Waals surface area contributed by atoms with Gasteiger partial charge in [0, 0.05) is 11.1 Å². The van der Waals surface area contributed by atoms with E-state index in [0.29, 0.717) is 0 Å². The van der Waals surface area contributed by atoms with Crippen LogP contribution in [0.5, 0.6) is 0 Å². The van der Waals surface area contributed by atoms with Gasteiger partial charge in [-0.15, -0.1) is 24.0 Å². The second-order valence-corrected chi connectivity index (χ2v) is 3.21. The Morgan fingerprint density at radius 1 is 0.750 bits per heavy atom. The highest BCUT2D eigenvalue weighted by atomic mass is 127. The van der Waals surface area contributed by atoms with Crippen molar-refractivity contribution in [1.82, 2.24) is 0 Å². The van der Waals surface area contributed by atoms with Gasteiger partial charge in [0.1, 0.15) is 0 Å². The molecule has 2 N–H and O–H groups in total. The molecule has 82 valence electrons. The summed E-state index contributed by atoms with van der Waals surface area (Å²) >= 11 is 0. The molecule has 0 aromatic heterocycles. The number of nitrogens with zero attached hydrogens (tertiary/aromatic N) is 1. The number of benzene rings is 2. The summed E-state index contributed by atoms with van der Waals surface area (Å²) in [6.07, 6.45) is 0. The summed E-state index contributed by atoms with van der Waals surface area (Å²) in [7, 11) is 0. The van der Waals surface area contributed by atoms with Gasteiger partial charge in [-0.05, 0) is 0 Å². The molecule has 0 bridgehead atoms. The van der Waals surface area contributed by atoms with Gasteiger partial charge in [-0.25, -0.2) is 0 Å². The van der Waals surface area contributed by atoms with E-state index in [0.717, 1.165) is 16.8 Å². The van der Waals surface area contributed by atoms with Gasteiger partial charge in [0.05, 0.1) is 5.71 Å². The molecule has 0 unspecified atom stereocenters. The Labute approximate surface area is 112 Å². The molecule has 0 saturated heterocycles. The highest BCUT2D eigenvalue weighted by molar-refractivity contribution is 14.0. The molecule has 2 nitrogen and oxygen atoms in total. The lowest BCUT2D eigenvalue weighted by molar-refractivity contribution is 1.24. The molecule has 0 radical (unpaired) electrons. The predicted octanol–water partition coefficient (Wildman–Crippen LogP) is 3.02. The second kappa shape index (κ2) is 6.27. The van der Waals surface area contributed by atoms with Gasteiger partial charge in [0.25, 0.3) is 0 Å². The molecule has 0 heterocycles. The molecule has 0 aliphatic rings. The summed E-state index contributed by atoms with van der Waals surface area (Å²) in [5, 5.41) is 3.85. The standard InChI is InChI=1S/C13H12N2.HI/c14-15-13(11-7-3-1-4-8-11)12-9-5-2-6-10-12;/h1-10H,14H2;1H. The molecule has 16 heavy (non-hydrogen) atoms. The van der Waals surface area contributed by atoms with Crippen LogP contribution in [0.2, 0.25) is 0 Å². The molecule has 2 rings (SSSR count). The zero-order valence-corrected chi connectivity index (χ0v) is 11.0. The van der Waals surface area contributed by atoms with Crippen LogP contribution in [-0.2, 0) is 0 Å². The van der Waals surface area contributed by atoms with Crippen LogP contribution in [0.15, 0.2) is 65.8 Å². The Hall–Kier alpha value is -1.36. The van der Waals surface area contributed by atoms with Crippen molar-refractivity contribution in [2.45, 2.75) is 0 Å². The van der Waals surface area contributed by atoms with Crippen molar-refractivity contribution in [2.75, 3.05) is 0 Å². The molecule has 0 saturated carbocycles. The number of halogens is 1. The minimum Gasteiger partial charge on any atom is -0.323 e. The summed E-state index contributed by atoms with van der Waals surface area (Å²) in [5.74, 6) is 5.42. The number of nitrogens with two attached hydrogens (primary N) is 1. The monoisotopic (exact) mass is 324 g/mol. The molecule has 0 aliphatic heterocycles. The van der Waals surface area contributed by atoms with Crippen molar-refractivity contribution in [1.29, 1.82) is 0 Å². The zero-order valence-electron chi connectivity index (χ0n) is 8.71. The maximum Gasteiger partial charge on any atom is 0.0971 e. The quantitative estimate of drug-likeness (QED) is 0.392. The first-order valence-electron chi connectivity index (χ1n) is 4.80. The van der Waals surface area contributed by atoms with Crippen molar-refractivity contribution >= 4 is 29.7 Å². The summed E-state index contributed by atoms with van der Waals surface area (Å²) < 4.78 is 0. The van der Waals surface area contributed by atoms with Crippen molar-refractivity contribution < 1.29 is 0 Å². The Kier molecular flexibility index (Phi) is 4.98. The van der Waals surface area contributed by atoms with Crippen LogP contribution in [0.1, 0.15) is 11.1 Å². The molecule has 0 atom stereocenters. The molecule has 2 aromatic carbocycles. The van der Waals surface area contributed by atoms with Gasteiger partial charge in [-0.3, -0.25) is 0 Å². The Morgan fingerprint density at radius 3 is 1.44 bits per heavy atom. The minimum atomic E-state index is 0. The van der Waals surface area contributed by atoms with Gasteiger partial charge < -0.3 is 5.84 Å². The van der Waals surface area contributed by atoms with E-state index >= 15 is 0 Å². The Bertz CT molecular complexity index is 410. The number of hydrogen-bond donors (Lipinski definition) is 1. The number of hydrazone groups is 1. The van der Waals surface area contributed by atoms with E-state index in [1.165, 1.54) is 0 Å². The topological polar surface area (TPSA) is 38.4 Å². The zero-order chi connectivity index (χ0) is 10.5. The summed E-state index contributed by atoms with van der Waals surface area (Å²) in [6, 6.07) is 19.8. The molecule has 0 amide bonds. The van der Waals surface area contributed by atoms with Gasteiger partial charge >= 0.3 is 0 Å². The third kappa shape index (κ3) is 2.82. The Balaban J connectivity index is 0.00000128. The van der Waals surface area contributed by atoms with Crippen LogP contribution in [0, 0.1) is 0 Å². The Morgan fingerprint density at radius 2 is 1.12 bits per heavy atom.